The molecule has 180 valence electrons. The molecule has 0 radical (unpaired) electrons. The summed E-state index contributed by atoms with van der Waals surface area (Å²) in [7, 11) is 0. The quantitative estimate of drug-likeness (QED) is 0.516. The molecule has 2 aromatic heterocycles. The monoisotopic (exact) mass is 464 g/mol. The Labute approximate surface area is 199 Å². The van der Waals surface area contributed by atoms with Crippen LogP contribution in [0.4, 0.5) is 4.79 Å². The van der Waals surface area contributed by atoms with E-state index in [1.54, 1.807) is 18.0 Å². The van der Waals surface area contributed by atoms with Crippen molar-refractivity contribution in [1.29, 1.82) is 0 Å². The number of ether oxygens (including phenoxy) is 1. The van der Waals surface area contributed by atoms with Crippen molar-refractivity contribution in [1.82, 2.24) is 29.7 Å². The minimum Gasteiger partial charge on any atom is -0.466 e. The van der Waals surface area contributed by atoms with Crippen molar-refractivity contribution in [3.8, 4) is 5.69 Å². The standard InChI is InChI=1S/C25H32N6O3/c1-3-19-7-9-20(10-8-19)31-22(28-21-6-5-12-26-24(21)31)18-29-14-16-30(17-15-29)25(33)27-13-11-23(32)34-4-2/h5-10,12H,3-4,11,13-18H2,1-2H3,(H,27,33). The Kier molecular flexibility index (Phi) is 7.74. The van der Waals surface area contributed by atoms with Gasteiger partial charge in [-0.3, -0.25) is 14.3 Å². The molecule has 9 nitrogen and oxygen atoms in total. The number of amides is 2. The molecule has 0 unspecified atom stereocenters. The van der Waals surface area contributed by atoms with Gasteiger partial charge in [0.1, 0.15) is 11.3 Å². The molecule has 3 heterocycles. The first-order valence-corrected chi connectivity index (χ1v) is 11.9. The lowest BCUT2D eigenvalue weighted by Gasteiger charge is -2.34. The number of imidazole rings is 1. The van der Waals surface area contributed by atoms with Crippen LogP contribution in [0.15, 0.2) is 42.6 Å². The highest BCUT2D eigenvalue weighted by atomic mass is 16.5. The maximum Gasteiger partial charge on any atom is 0.317 e. The van der Waals surface area contributed by atoms with Gasteiger partial charge in [0.05, 0.1) is 19.6 Å². The van der Waals surface area contributed by atoms with E-state index in [-0.39, 0.29) is 25.0 Å². The molecule has 0 bridgehead atoms. The average Bonchev–Trinajstić information content (AvgIpc) is 3.22. The summed E-state index contributed by atoms with van der Waals surface area (Å²) >= 11 is 0. The highest BCUT2D eigenvalue weighted by molar-refractivity contribution is 5.76. The van der Waals surface area contributed by atoms with E-state index < -0.39 is 0 Å². The lowest BCUT2D eigenvalue weighted by molar-refractivity contribution is -0.142. The molecule has 0 atom stereocenters. The Bertz CT molecular complexity index is 1120. The van der Waals surface area contributed by atoms with E-state index in [1.807, 2.05) is 12.1 Å². The summed E-state index contributed by atoms with van der Waals surface area (Å²) in [5.74, 6) is 0.639. The summed E-state index contributed by atoms with van der Waals surface area (Å²) in [6.45, 7) is 7.95. The Morgan fingerprint density at radius 2 is 1.82 bits per heavy atom. The number of nitrogens with zero attached hydrogens (tertiary/aromatic N) is 5. The number of pyridine rings is 1. The van der Waals surface area contributed by atoms with Crippen molar-refractivity contribution in [2.75, 3.05) is 39.3 Å². The largest absolute Gasteiger partial charge is 0.466 e. The third-order valence-electron chi connectivity index (χ3n) is 6.02. The van der Waals surface area contributed by atoms with Crippen LogP contribution in [0.2, 0.25) is 0 Å². The number of esters is 1. The fraction of sp³-hybridized carbons (Fsp3) is 0.440. The minimum atomic E-state index is -0.297. The maximum absolute atomic E-state index is 12.4. The van der Waals surface area contributed by atoms with Gasteiger partial charge in [-0.05, 0) is 43.2 Å². The van der Waals surface area contributed by atoms with Crippen molar-refractivity contribution < 1.29 is 14.3 Å². The summed E-state index contributed by atoms with van der Waals surface area (Å²) in [5, 5.41) is 2.81. The molecule has 0 aliphatic carbocycles. The number of carbonyl (C=O) groups is 2. The minimum absolute atomic E-state index is 0.142. The molecule has 3 aromatic rings. The van der Waals surface area contributed by atoms with E-state index in [9.17, 15) is 9.59 Å². The zero-order valence-corrected chi connectivity index (χ0v) is 19.9. The highest BCUT2D eigenvalue weighted by Gasteiger charge is 2.23. The summed E-state index contributed by atoms with van der Waals surface area (Å²) in [4.78, 5) is 37.4. The van der Waals surface area contributed by atoms with Gasteiger partial charge in [0, 0.05) is 44.6 Å². The van der Waals surface area contributed by atoms with Gasteiger partial charge in [0.2, 0.25) is 0 Å². The lowest BCUT2D eigenvalue weighted by atomic mass is 10.1. The molecule has 1 saturated heterocycles. The number of hydrogen-bond donors (Lipinski definition) is 1. The first-order valence-electron chi connectivity index (χ1n) is 11.9. The Morgan fingerprint density at radius 1 is 1.06 bits per heavy atom. The number of aromatic nitrogens is 3. The van der Waals surface area contributed by atoms with Crippen molar-refractivity contribution in [2.24, 2.45) is 0 Å². The first kappa shape index (κ1) is 23.7. The maximum atomic E-state index is 12.4. The van der Waals surface area contributed by atoms with E-state index in [2.05, 4.69) is 51.0 Å². The van der Waals surface area contributed by atoms with E-state index in [1.165, 1.54) is 5.56 Å². The second-order valence-corrected chi connectivity index (χ2v) is 8.28. The van der Waals surface area contributed by atoms with Crippen LogP contribution in [-0.2, 0) is 22.5 Å². The number of fused-ring (bicyclic) bond motifs is 1. The van der Waals surface area contributed by atoms with Crippen LogP contribution < -0.4 is 5.32 Å². The number of piperazine rings is 1. The van der Waals surface area contributed by atoms with Gasteiger partial charge < -0.3 is 15.0 Å². The van der Waals surface area contributed by atoms with E-state index in [0.29, 0.717) is 26.2 Å². The van der Waals surface area contributed by atoms with Crippen molar-refractivity contribution in [3.05, 3.63) is 54.0 Å². The summed E-state index contributed by atoms with van der Waals surface area (Å²) in [6, 6.07) is 12.3. The van der Waals surface area contributed by atoms with Crippen LogP contribution >= 0.6 is 0 Å². The number of nitrogens with one attached hydrogen (secondary N) is 1. The fourth-order valence-electron chi connectivity index (χ4n) is 4.14. The van der Waals surface area contributed by atoms with Gasteiger partial charge in [-0.15, -0.1) is 0 Å². The zero-order chi connectivity index (χ0) is 23.9. The van der Waals surface area contributed by atoms with Crippen molar-refractivity contribution in [3.63, 3.8) is 0 Å². The number of hydrogen-bond acceptors (Lipinski definition) is 6. The van der Waals surface area contributed by atoms with E-state index >= 15 is 0 Å². The lowest BCUT2D eigenvalue weighted by Crippen LogP contribution is -2.51. The molecule has 0 saturated carbocycles. The zero-order valence-electron chi connectivity index (χ0n) is 19.9. The molecule has 1 N–H and O–H groups in total. The van der Waals surface area contributed by atoms with Gasteiger partial charge in [-0.1, -0.05) is 19.1 Å². The number of aryl methyl sites for hydroxylation is 1. The van der Waals surface area contributed by atoms with Crippen molar-refractivity contribution >= 4 is 23.2 Å². The highest BCUT2D eigenvalue weighted by Crippen LogP contribution is 2.22. The second kappa shape index (κ2) is 11.1. The normalized spacial score (nSPS) is 14.4. The Hall–Kier alpha value is -3.46. The smallest absolute Gasteiger partial charge is 0.317 e. The summed E-state index contributed by atoms with van der Waals surface area (Å²) in [5.41, 5.74) is 4.06. The van der Waals surface area contributed by atoms with Gasteiger partial charge >= 0.3 is 12.0 Å². The topological polar surface area (TPSA) is 92.6 Å². The summed E-state index contributed by atoms with van der Waals surface area (Å²) < 4.78 is 7.02. The summed E-state index contributed by atoms with van der Waals surface area (Å²) in [6.07, 6.45) is 2.98. The fourth-order valence-corrected chi connectivity index (χ4v) is 4.14. The molecule has 1 aliphatic rings. The SMILES string of the molecule is CCOC(=O)CCNC(=O)N1CCN(Cc2nc3cccnc3n2-c2ccc(CC)cc2)CC1. The van der Waals surface area contributed by atoms with Gasteiger partial charge in [0.25, 0.3) is 0 Å². The molecule has 4 rings (SSSR count). The van der Waals surface area contributed by atoms with E-state index in [0.717, 1.165) is 42.2 Å². The van der Waals surface area contributed by atoms with Gasteiger partial charge in [-0.25, -0.2) is 14.8 Å². The molecule has 1 aromatic carbocycles. The van der Waals surface area contributed by atoms with Gasteiger partial charge in [0.15, 0.2) is 5.65 Å². The van der Waals surface area contributed by atoms with Crippen molar-refractivity contribution in [2.45, 2.75) is 33.2 Å². The molecule has 0 spiro atoms. The molecule has 34 heavy (non-hydrogen) atoms. The van der Waals surface area contributed by atoms with Crippen LogP contribution in [-0.4, -0.2) is 75.7 Å². The Balaban J connectivity index is 1.39. The van der Waals surface area contributed by atoms with E-state index in [4.69, 9.17) is 9.72 Å². The number of rotatable bonds is 8. The van der Waals surface area contributed by atoms with Crippen LogP contribution in [0.3, 0.4) is 0 Å². The molecule has 2 amide bonds. The third kappa shape index (κ3) is 5.53. The molecule has 1 aliphatic heterocycles. The van der Waals surface area contributed by atoms with Crippen LogP contribution in [0.1, 0.15) is 31.7 Å². The van der Waals surface area contributed by atoms with Crippen LogP contribution in [0, 0.1) is 0 Å². The molecule has 9 heteroatoms. The van der Waals surface area contributed by atoms with Crippen LogP contribution in [0.25, 0.3) is 16.9 Å². The van der Waals surface area contributed by atoms with Crippen LogP contribution in [0.5, 0.6) is 0 Å². The van der Waals surface area contributed by atoms with Gasteiger partial charge in [-0.2, -0.15) is 0 Å². The molecule has 1 fully saturated rings. The Morgan fingerprint density at radius 3 is 2.53 bits per heavy atom. The number of urea groups is 1. The first-order chi connectivity index (χ1) is 16.6. The second-order valence-electron chi connectivity index (χ2n) is 8.28. The third-order valence-corrected chi connectivity index (χ3v) is 6.02. The molecular formula is C25H32N6O3. The molecular weight excluding hydrogens is 432 g/mol. The number of benzene rings is 1. The predicted octanol–water partition coefficient (Wildman–Crippen LogP) is 2.76. The number of carbonyl (C=O) groups excluding carboxylic acids is 2. The average molecular weight is 465 g/mol. The predicted molar refractivity (Wildman–Crippen MR) is 130 cm³/mol.